The molecular formula is C10H15N3O2. The van der Waals surface area contributed by atoms with Crippen molar-refractivity contribution in [2.75, 3.05) is 0 Å². The summed E-state index contributed by atoms with van der Waals surface area (Å²) in [7, 11) is 0. The van der Waals surface area contributed by atoms with Gasteiger partial charge in [-0.15, -0.1) is 0 Å². The molecule has 1 amide bonds. The van der Waals surface area contributed by atoms with Gasteiger partial charge in [0.05, 0.1) is 18.0 Å². The van der Waals surface area contributed by atoms with E-state index in [1.165, 1.54) is 0 Å². The number of carbonyl (C=O) groups excluding carboxylic acids is 1. The fraction of sp³-hybridized carbons (Fsp3) is 0.500. The van der Waals surface area contributed by atoms with Crippen LogP contribution in [0.25, 0.3) is 0 Å². The first kappa shape index (κ1) is 11.4. The number of aromatic nitrogens is 1. The van der Waals surface area contributed by atoms with Crippen LogP contribution >= 0.6 is 0 Å². The predicted octanol–water partition coefficient (Wildman–Crippen LogP) is 1.16. The molecule has 0 saturated heterocycles. The highest BCUT2D eigenvalue weighted by Crippen LogP contribution is 2.26. The standard InChI is InChI=1S/C10H15N3O2/c1-6-13-5-8(15-6)10(2,3)7(11)4-9(12)14/h5,11H,4H2,1-3H3,(H2,12,14). The minimum absolute atomic E-state index is 0.0628. The molecule has 5 heteroatoms. The first-order valence-corrected chi connectivity index (χ1v) is 4.63. The minimum atomic E-state index is -0.643. The van der Waals surface area contributed by atoms with Crippen molar-refractivity contribution in [3.05, 3.63) is 17.8 Å². The summed E-state index contributed by atoms with van der Waals surface area (Å²) in [6.07, 6.45) is 1.51. The normalized spacial score (nSPS) is 11.4. The van der Waals surface area contributed by atoms with Gasteiger partial charge < -0.3 is 15.6 Å². The summed E-state index contributed by atoms with van der Waals surface area (Å²) >= 11 is 0. The van der Waals surface area contributed by atoms with Crippen molar-refractivity contribution in [1.29, 1.82) is 5.41 Å². The maximum absolute atomic E-state index is 10.7. The van der Waals surface area contributed by atoms with E-state index in [2.05, 4.69) is 4.98 Å². The summed E-state index contributed by atoms with van der Waals surface area (Å²) in [5, 5.41) is 7.78. The van der Waals surface area contributed by atoms with Crippen LogP contribution in [0, 0.1) is 12.3 Å². The van der Waals surface area contributed by atoms with Crippen LogP contribution in [0.3, 0.4) is 0 Å². The molecule has 3 N–H and O–H groups in total. The molecule has 0 atom stereocenters. The van der Waals surface area contributed by atoms with E-state index in [4.69, 9.17) is 15.6 Å². The zero-order valence-corrected chi connectivity index (χ0v) is 9.13. The number of nitrogens with zero attached hydrogens (tertiary/aromatic N) is 1. The molecule has 0 aromatic carbocycles. The zero-order chi connectivity index (χ0) is 11.6. The number of aryl methyl sites for hydroxylation is 1. The molecule has 0 fully saturated rings. The monoisotopic (exact) mass is 209 g/mol. The Morgan fingerprint density at radius 1 is 1.67 bits per heavy atom. The van der Waals surface area contributed by atoms with E-state index < -0.39 is 11.3 Å². The first-order chi connectivity index (χ1) is 6.84. The molecule has 1 heterocycles. The molecule has 0 spiro atoms. The van der Waals surface area contributed by atoms with Gasteiger partial charge in [-0.3, -0.25) is 4.79 Å². The molecule has 82 valence electrons. The highest BCUT2D eigenvalue weighted by Gasteiger charge is 2.30. The van der Waals surface area contributed by atoms with Crippen molar-refractivity contribution in [1.82, 2.24) is 4.98 Å². The lowest BCUT2D eigenvalue weighted by atomic mass is 9.83. The van der Waals surface area contributed by atoms with Gasteiger partial charge in [-0.1, -0.05) is 0 Å². The Kier molecular flexibility index (Phi) is 2.93. The molecule has 0 unspecified atom stereocenters. The number of hydrogen-bond donors (Lipinski definition) is 2. The number of hydrogen-bond acceptors (Lipinski definition) is 4. The van der Waals surface area contributed by atoms with Crippen molar-refractivity contribution in [2.24, 2.45) is 5.73 Å². The van der Waals surface area contributed by atoms with Crippen molar-refractivity contribution in [2.45, 2.75) is 32.6 Å². The lowest BCUT2D eigenvalue weighted by molar-refractivity contribution is -0.116. The molecule has 5 nitrogen and oxygen atoms in total. The maximum atomic E-state index is 10.7. The highest BCUT2D eigenvalue weighted by atomic mass is 16.4. The molecule has 0 aliphatic rings. The second kappa shape index (κ2) is 3.84. The van der Waals surface area contributed by atoms with Gasteiger partial charge in [-0.2, -0.15) is 0 Å². The average Bonchev–Trinajstić information content (AvgIpc) is 2.50. The van der Waals surface area contributed by atoms with Crippen molar-refractivity contribution < 1.29 is 9.21 Å². The summed E-state index contributed by atoms with van der Waals surface area (Å²) in [6.45, 7) is 5.34. The lowest BCUT2D eigenvalue weighted by Crippen LogP contribution is -2.31. The highest BCUT2D eigenvalue weighted by molar-refractivity contribution is 6.03. The minimum Gasteiger partial charge on any atom is -0.445 e. The number of oxazole rings is 1. The van der Waals surface area contributed by atoms with Crippen LogP contribution < -0.4 is 5.73 Å². The third-order valence-corrected chi connectivity index (χ3v) is 2.34. The van der Waals surface area contributed by atoms with Crippen molar-refractivity contribution in [3.8, 4) is 0 Å². The number of primary amides is 1. The maximum Gasteiger partial charge on any atom is 0.223 e. The van der Waals surface area contributed by atoms with E-state index in [-0.39, 0.29) is 12.1 Å². The molecule has 0 bridgehead atoms. The van der Waals surface area contributed by atoms with Crippen LogP contribution in [0.15, 0.2) is 10.6 Å². The van der Waals surface area contributed by atoms with E-state index in [1.807, 2.05) is 0 Å². The fourth-order valence-electron chi connectivity index (χ4n) is 1.19. The van der Waals surface area contributed by atoms with Crippen molar-refractivity contribution in [3.63, 3.8) is 0 Å². The molecule has 0 saturated carbocycles. The van der Waals surface area contributed by atoms with Crippen LogP contribution in [0.1, 0.15) is 31.9 Å². The molecule has 1 aromatic heterocycles. The Labute approximate surface area is 88.2 Å². The van der Waals surface area contributed by atoms with E-state index in [0.29, 0.717) is 11.7 Å². The quantitative estimate of drug-likeness (QED) is 0.728. The van der Waals surface area contributed by atoms with Gasteiger partial charge in [0.15, 0.2) is 5.89 Å². The van der Waals surface area contributed by atoms with Crippen LogP contribution in [-0.4, -0.2) is 16.6 Å². The van der Waals surface area contributed by atoms with Crippen LogP contribution in [-0.2, 0) is 10.2 Å². The summed E-state index contributed by atoms with van der Waals surface area (Å²) in [5.41, 5.74) is 4.63. The van der Waals surface area contributed by atoms with E-state index in [9.17, 15) is 4.79 Å². The molecule has 0 radical (unpaired) electrons. The average molecular weight is 209 g/mol. The fourth-order valence-corrected chi connectivity index (χ4v) is 1.19. The van der Waals surface area contributed by atoms with E-state index >= 15 is 0 Å². The third kappa shape index (κ3) is 2.43. The van der Waals surface area contributed by atoms with Gasteiger partial charge >= 0.3 is 0 Å². The molecule has 0 aliphatic heterocycles. The van der Waals surface area contributed by atoms with Crippen LogP contribution in [0.4, 0.5) is 0 Å². The Morgan fingerprint density at radius 3 is 2.67 bits per heavy atom. The topological polar surface area (TPSA) is 93.0 Å². The Hall–Kier alpha value is -1.65. The Balaban J connectivity index is 2.91. The number of nitrogens with one attached hydrogen (secondary N) is 1. The lowest BCUT2D eigenvalue weighted by Gasteiger charge is -2.21. The van der Waals surface area contributed by atoms with Gasteiger partial charge in [0.25, 0.3) is 0 Å². The molecular weight excluding hydrogens is 194 g/mol. The zero-order valence-electron chi connectivity index (χ0n) is 9.13. The number of carbonyl (C=O) groups is 1. The second-order valence-electron chi connectivity index (χ2n) is 3.99. The van der Waals surface area contributed by atoms with Gasteiger partial charge in [0.2, 0.25) is 5.91 Å². The van der Waals surface area contributed by atoms with Gasteiger partial charge in [0.1, 0.15) is 5.76 Å². The second-order valence-corrected chi connectivity index (χ2v) is 3.99. The Bertz CT molecular complexity index is 393. The summed E-state index contributed by atoms with van der Waals surface area (Å²) in [4.78, 5) is 14.7. The van der Waals surface area contributed by atoms with E-state index in [0.717, 1.165) is 0 Å². The first-order valence-electron chi connectivity index (χ1n) is 4.63. The van der Waals surface area contributed by atoms with Gasteiger partial charge in [0, 0.05) is 12.6 Å². The van der Waals surface area contributed by atoms with Crippen molar-refractivity contribution >= 4 is 11.6 Å². The number of rotatable bonds is 4. The molecule has 15 heavy (non-hydrogen) atoms. The third-order valence-electron chi connectivity index (χ3n) is 2.34. The smallest absolute Gasteiger partial charge is 0.223 e. The summed E-state index contributed by atoms with van der Waals surface area (Å²) in [6, 6.07) is 0. The molecule has 0 aliphatic carbocycles. The summed E-state index contributed by atoms with van der Waals surface area (Å²) < 4.78 is 5.35. The van der Waals surface area contributed by atoms with E-state index in [1.54, 1.807) is 27.0 Å². The Morgan fingerprint density at radius 2 is 2.27 bits per heavy atom. The predicted molar refractivity (Wildman–Crippen MR) is 55.8 cm³/mol. The van der Waals surface area contributed by atoms with Gasteiger partial charge in [-0.05, 0) is 13.8 Å². The molecule has 1 rings (SSSR count). The van der Waals surface area contributed by atoms with Gasteiger partial charge in [-0.25, -0.2) is 4.98 Å². The molecule has 1 aromatic rings. The SMILES string of the molecule is Cc1ncc(C(C)(C)C(=N)CC(N)=O)o1. The summed E-state index contributed by atoms with van der Waals surface area (Å²) in [5.74, 6) is 0.612. The largest absolute Gasteiger partial charge is 0.445 e. The number of nitrogens with two attached hydrogens (primary N) is 1. The number of amides is 1. The van der Waals surface area contributed by atoms with Crippen LogP contribution in [0.5, 0.6) is 0 Å². The van der Waals surface area contributed by atoms with Crippen LogP contribution in [0.2, 0.25) is 0 Å².